The van der Waals surface area contributed by atoms with Crippen LogP contribution in [0, 0.1) is 13.8 Å². The van der Waals surface area contributed by atoms with Crippen molar-refractivity contribution in [3.05, 3.63) is 71.3 Å². The molecule has 0 saturated heterocycles. The van der Waals surface area contributed by atoms with Crippen LogP contribution in [0.2, 0.25) is 0 Å². The fraction of sp³-hybridized carbons (Fsp3) is 0.375. The van der Waals surface area contributed by atoms with Gasteiger partial charge in [-0.05, 0) is 56.6 Å². The van der Waals surface area contributed by atoms with Crippen molar-refractivity contribution >= 4 is 5.71 Å². The van der Waals surface area contributed by atoms with Crippen LogP contribution in [0.25, 0.3) is 0 Å². The second kappa shape index (κ2) is 11.9. The Morgan fingerprint density at radius 3 is 2.38 bits per heavy atom. The molecule has 5 nitrogen and oxygen atoms in total. The van der Waals surface area contributed by atoms with E-state index in [1.165, 1.54) is 5.56 Å². The van der Waals surface area contributed by atoms with E-state index in [9.17, 15) is 0 Å². The van der Waals surface area contributed by atoms with E-state index in [0.29, 0.717) is 19.9 Å². The average Bonchev–Trinajstić information content (AvgIpc) is 2.68. The van der Waals surface area contributed by atoms with Gasteiger partial charge in [-0.25, -0.2) is 0 Å². The molecule has 0 aromatic heterocycles. The molecule has 0 amide bonds. The molecule has 0 unspecified atom stereocenters. The largest absolute Gasteiger partial charge is 0.490 e. The average molecular weight is 397 g/mol. The van der Waals surface area contributed by atoms with Crippen LogP contribution < -0.4 is 9.47 Å². The summed E-state index contributed by atoms with van der Waals surface area (Å²) < 4.78 is 11.8. The van der Waals surface area contributed by atoms with Crippen molar-refractivity contribution in [1.29, 1.82) is 0 Å². The minimum absolute atomic E-state index is 0.456. The maximum Gasteiger partial charge on any atom is 0.142 e. The predicted molar refractivity (Wildman–Crippen MR) is 119 cm³/mol. The van der Waals surface area contributed by atoms with E-state index in [1.54, 1.807) is 7.11 Å². The van der Waals surface area contributed by atoms with E-state index in [4.69, 9.17) is 14.3 Å². The molecule has 0 spiro atoms. The van der Waals surface area contributed by atoms with Crippen molar-refractivity contribution in [3.8, 4) is 11.5 Å². The highest BCUT2D eigenvalue weighted by atomic mass is 16.6. The number of allylic oxidation sites excluding steroid dienone is 1. The number of ether oxygens (including phenoxy) is 2. The van der Waals surface area contributed by atoms with E-state index < -0.39 is 0 Å². The zero-order valence-electron chi connectivity index (χ0n) is 18.1. The molecule has 0 radical (unpaired) electrons. The maximum absolute atomic E-state index is 6.10. The van der Waals surface area contributed by atoms with Gasteiger partial charge in [0.2, 0.25) is 0 Å². The standard InChI is InChI=1S/C24H32N2O3/c1-6-7-13-28-23-14-19(2)24(20(3)15-23)29-18-26(4)17-22(25-27-5)16-21-11-9-8-10-12-21/h6-12,14-15H,13,16-18H2,1-5H3/b7-6+,25-22?. The van der Waals surface area contributed by atoms with Crippen LogP contribution in [0.3, 0.4) is 0 Å². The van der Waals surface area contributed by atoms with Crippen LogP contribution in [0.15, 0.2) is 59.8 Å². The molecule has 2 rings (SSSR count). The summed E-state index contributed by atoms with van der Waals surface area (Å²) in [4.78, 5) is 7.11. The molecule has 0 aliphatic carbocycles. The minimum atomic E-state index is 0.456. The molecule has 0 N–H and O–H groups in total. The first-order chi connectivity index (χ1) is 14.0. The molecule has 29 heavy (non-hydrogen) atoms. The normalized spacial score (nSPS) is 11.9. The molecule has 2 aromatic rings. The Balaban J connectivity index is 1.94. The number of nitrogens with zero attached hydrogens (tertiary/aromatic N) is 2. The summed E-state index contributed by atoms with van der Waals surface area (Å²) in [5, 5.41) is 4.19. The van der Waals surface area contributed by atoms with Crippen molar-refractivity contribution in [2.75, 3.05) is 34.0 Å². The van der Waals surface area contributed by atoms with Gasteiger partial charge < -0.3 is 14.3 Å². The lowest BCUT2D eigenvalue weighted by Gasteiger charge is -2.20. The Morgan fingerprint density at radius 2 is 1.76 bits per heavy atom. The van der Waals surface area contributed by atoms with E-state index in [-0.39, 0.29) is 0 Å². The van der Waals surface area contributed by atoms with Crippen LogP contribution in [0.4, 0.5) is 0 Å². The number of hydrogen-bond donors (Lipinski definition) is 0. The SMILES string of the molecule is C/C=C/COc1cc(C)c(OCN(C)CC(Cc2ccccc2)=NOC)c(C)c1. The van der Waals surface area contributed by atoms with Crippen LogP contribution in [0.5, 0.6) is 11.5 Å². The molecule has 0 fully saturated rings. The second-order valence-corrected chi connectivity index (χ2v) is 7.06. The Labute approximate surface area is 174 Å². The lowest BCUT2D eigenvalue weighted by molar-refractivity contribution is 0.163. The fourth-order valence-corrected chi connectivity index (χ4v) is 3.07. The van der Waals surface area contributed by atoms with Crippen molar-refractivity contribution in [2.24, 2.45) is 5.16 Å². The van der Waals surface area contributed by atoms with Gasteiger partial charge in [0.1, 0.15) is 31.9 Å². The van der Waals surface area contributed by atoms with Gasteiger partial charge in [0.05, 0.1) is 5.71 Å². The van der Waals surface area contributed by atoms with E-state index >= 15 is 0 Å². The molecule has 0 saturated carbocycles. The molecule has 0 aliphatic rings. The highest BCUT2D eigenvalue weighted by Gasteiger charge is 2.11. The smallest absolute Gasteiger partial charge is 0.142 e. The number of oxime groups is 1. The van der Waals surface area contributed by atoms with Crippen molar-refractivity contribution < 1.29 is 14.3 Å². The monoisotopic (exact) mass is 396 g/mol. The highest BCUT2D eigenvalue weighted by molar-refractivity contribution is 5.87. The predicted octanol–water partition coefficient (Wildman–Crippen LogP) is 4.77. The first kappa shape index (κ1) is 22.5. The Hall–Kier alpha value is -2.79. The fourth-order valence-electron chi connectivity index (χ4n) is 3.07. The maximum atomic E-state index is 6.10. The molecule has 2 aromatic carbocycles. The van der Waals surface area contributed by atoms with Crippen molar-refractivity contribution in [1.82, 2.24) is 4.90 Å². The van der Waals surface area contributed by atoms with Gasteiger partial charge in [-0.1, -0.05) is 47.6 Å². The zero-order chi connectivity index (χ0) is 21.1. The summed E-state index contributed by atoms with van der Waals surface area (Å²) in [5.41, 5.74) is 4.27. The lowest BCUT2D eigenvalue weighted by Crippen LogP contribution is -2.31. The summed E-state index contributed by atoms with van der Waals surface area (Å²) in [5.74, 6) is 1.75. The number of aryl methyl sites for hydroxylation is 2. The first-order valence-corrected chi connectivity index (χ1v) is 9.82. The number of benzene rings is 2. The number of rotatable bonds is 11. The van der Waals surface area contributed by atoms with E-state index in [0.717, 1.165) is 34.8 Å². The van der Waals surface area contributed by atoms with Gasteiger partial charge in [0.25, 0.3) is 0 Å². The summed E-state index contributed by atoms with van der Waals surface area (Å²) in [6.07, 6.45) is 4.71. The second-order valence-electron chi connectivity index (χ2n) is 7.06. The molecule has 0 bridgehead atoms. The first-order valence-electron chi connectivity index (χ1n) is 9.82. The van der Waals surface area contributed by atoms with Crippen LogP contribution in [-0.4, -0.2) is 44.7 Å². The zero-order valence-corrected chi connectivity index (χ0v) is 18.1. The van der Waals surface area contributed by atoms with E-state index in [2.05, 4.69) is 22.2 Å². The molecule has 0 heterocycles. The molecule has 5 heteroatoms. The van der Waals surface area contributed by atoms with Gasteiger partial charge in [-0.3, -0.25) is 4.90 Å². The van der Waals surface area contributed by atoms with Gasteiger partial charge in [-0.2, -0.15) is 0 Å². The molecular weight excluding hydrogens is 364 g/mol. The van der Waals surface area contributed by atoms with Gasteiger partial charge >= 0.3 is 0 Å². The molecule has 0 atom stereocenters. The molecule has 156 valence electrons. The highest BCUT2D eigenvalue weighted by Crippen LogP contribution is 2.28. The van der Waals surface area contributed by atoms with Crippen molar-refractivity contribution in [2.45, 2.75) is 27.2 Å². The summed E-state index contributed by atoms with van der Waals surface area (Å²) in [6, 6.07) is 14.3. The van der Waals surface area contributed by atoms with E-state index in [1.807, 2.05) is 70.3 Å². The summed E-state index contributed by atoms with van der Waals surface area (Å²) in [6.45, 7) is 7.75. The van der Waals surface area contributed by atoms with Crippen LogP contribution in [0.1, 0.15) is 23.6 Å². The third kappa shape index (κ3) is 7.62. The third-order valence-corrected chi connectivity index (χ3v) is 4.37. The van der Waals surface area contributed by atoms with Crippen molar-refractivity contribution in [3.63, 3.8) is 0 Å². The lowest BCUT2D eigenvalue weighted by atomic mass is 10.1. The van der Waals surface area contributed by atoms with Crippen LogP contribution >= 0.6 is 0 Å². The Kier molecular flexibility index (Phi) is 9.25. The van der Waals surface area contributed by atoms with Gasteiger partial charge in [-0.15, -0.1) is 0 Å². The van der Waals surface area contributed by atoms with Gasteiger partial charge in [0, 0.05) is 13.0 Å². The summed E-state index contributed by atoms with van der Waals surface area (Å²) in [7, 11) is 3.59. The topological polar surface area (TPSA) is 43.3 Å². The van der Waals surface area contributed by atoms with Crippen LogP contribution in [-0.2, 0) is 11.3 Å². The molecular formula is C24H32N2O3. The third-order valence-electron chi connectivity index (χ3n) is 4.37. The summed E-state index contributed by atoms with van der Waals surface area (Å²) >= 11 is 0. The minimum Gasteiger partial charge on any atom is -0.490 e. The number of hydrogen-bond acceptors (Lipinski definition) is 5. The molecule has 0 aliphatic heterocycles. The Bertz CT molecular complexity index is 793. The Morgan fingerprint density at radius 1 is 1.07 bits per heavy atom. The van der Waals surface area contributed by atoms with Gasteiger partial charge in [0.15, 0.2) is 0 Å². The quantitative estimate of drug-likeness (QED) is 0.237.